The van der Waals surface area contributed by atoms with Gasteiger partial charge in [-0.1, -0.05) is 34.1 Å². The van der Waals surface area contributed by atoms with E-state index in [4.69, 9.17) is 5.73 Å². The van der Waals surface area contributed by atoms with Gasteiger partial charge in [0.15, 0.2) is 11.7 Å². The molecule has 0 fully saturated rings. The van der Waals surface area contributed by atoms with Crippen LogP contribution in [0.4, 0.5) is 24.5 Å². The Morgan fingerprint density at radius 2 is 1.85 bits per heavy atom. The molecule has 27 heavy (non-hydrogen) atoms. The molecule has 0 spiro atoms. The molecule has 0 aliphatic heterocycles. The van der Waals surface area contributed by atoms with Crippen molar-refractivity contribution in [3.8, 4) is 5.75 Å². The molecule has 6 nitrogen and oxygen atoms in total. The summed E-state index contributed by atoms with van der Waals surface area (Å²) in [5.74, 6) is -1.13. The van der Waals surface area contributed by atoms with Crippen molar-refractivity contribution in [2.45, 2.75) is 6.36 Å². The molecule has 2 rings (SSSR count). The number of carbonyl (C=O) groups excluding carboxylic acids is 1. The van der Waals surface area contributed by atoms with Crippen molar-refractivity contribution in [1.29, 1.82) is 0 Å². The third-order valence-corrected chi connectivity index (χ3v) is 3.37. The lowest BCUT2D eigenvalue weighted by Crippen LogP contribution is -2.26. The first kappa shape index (κ1) is 23.0. The van der Waals surface area contributed by atoms with Gasteiger partial charge in [0.2, 0.25) is 5.91 Å². The van der Waals surface area contributed by atoms with E-state index in [2.05, 4.69) is 36.3 Å². The van der Waals surface area contributed by atoms with Crippen molar-refractivity contribution in [1.82, 2.24) is 0 Å². The zero-order chi connectivity index (χ0) is 19.2. The maximum atomic E-state index is 12.4. The van der Waals surface area contributed by atoms with E-state index in [9.17, 15) is 18.0 Å². The highest BCUT2D eigenvalue weighted by molar-refractivity contribution is 14.0. The predicted octanol–water partition coefficient (Wildman–Crippen LogP) is 4.33. The van der Waals surface area contributed by atoms with Crippen LogP contribution in [0.5, 0.6) is 5.75 Å². The molecule has 0 aliphatic carbocycles. The number of alkyl halides is 3. The van der Waals surface area contributed by atoms with Crippen molar-refractivity contribution >= 4 is 63.1 Å². The van der Waals surface area contributed by atoms with E-state index in [1.54, 1.807) is 24.3 Å². The van der Waals surface area contributed by atoms with Gasteiger partial charge in [-0.25, -0.2) is 4.99 Å². The van der Waals surface area contributed by atoms with Crippen LogP contribution in [0.2, 0.25) is 0 Å². The van der Waals surface area contributed by atoms with E-state index in [1.165, 1.54) is 18.2 Å². The van der Waals surface area contributed by atoms with E-state index in [0.717, 1.165) is 10.5 Å². The number of anilines is 2. The molecule has 0 radical (unpaired) electrons. The molecule has 0 bridgehead atoms. The Bertz CT molecular complexity index is 818. The molecule has 0 atom stereocenters. The van der Waals surface area contributed by atoms with Gasteiger partial charge in [-0.3, -0.25) is 4.79 Å². The average Bonchev–Trinajstić information content (AvgIpc) is 2.53. The Hall–Kier alpha value is -2.02. The number of ether oxygens (including phenoxy) is 1. The lowest BCUT2D eigenvalue weighted by Gasteiger charge is -2.14. The summed E-state index contributed by atoms with van der Waals surface area (Å²) in [7, 11) is 0. The Morgan fingerprint density at radius 1 is 1.15 bits per heavy atom. The van der Waals surface area contributed by atoms with Gasteiger partial charge in [0.25, 0.3) is 0 Å². The SMILES string of the molecule is I.NC(=NCC(=O)Nc1cccc(Br)c1)Nc1ccccc1OC(F)(F)F. The van der Waals surface area contributed by atoms with Crippen molar-refractivity contribution in [3.63, 3.8) is 0 Å². The number of rotatable bonds is 5. The topological polar surface area (TPSA) is 88.7 Å². The van der Waals surface area contributed by atoms with Crippen LogP contribution in [0.25, 0.3) is 0 Å². The normalized spacial score (nSPS) is 11.3. The second kappa shape index (κ2) is 10.3. The van der Waals surface area contributed by atoms with E-state index in [0.29, 0.717) is 5.69 Å². The monoisotopic (exact) mass is 558 g/mol. The van der Waals surface area contributed by atoms with Gasteiger partial charge in [-0.05, 0) is 30.3 Å². The molecule has 0 aliphatic rings. The number of amides is 1. The summed E-state index contributed by atoms with van der Waals surface area (Å²) in [5.41, 5.74) is 6.15. The maximum absolute atomic E-state index is 12.4. The Labute approximate surface area is 178 Å². The summed E-state index contributed by atoms with van der Waals surface area (Å²) >= 11 is 3.28. The molecule has 0 saturated heterocycles. The van der Waals surface area contributed by atoms with Crippen LogP contribution >= 0.6 is 39.9 Å². The largest absolute Gasteiger partial charge is 0.573 e. The number of benzene rings is 2. The van der Waals surface area contributed by atoms with Gasteiger partial charge in [0.05, 0.1) is 5.69 Å². The first-order chi connectivity index (χ1) is 12.2. The summed E-state index contributed by atoms with van der Waals surface area (Å²) < 4.78 is 41.8. The van der Waals surface area contributed by atoms with Crippen LogP contribution < -0.4 is 21.1 Å². The summed E-state index contributed by atoms with van der Waals surface area (Å²) in [6, 6.07) is 12.3. The standard InChI is InChI=1S/C16H14BrF3N4O2.HI/c17-10-4-3-5-11(8-10)23-14(25)9-22-15(21)24-12-6-1-2-7-13(12)26-16(18,19)20;/h1-8H,9H2,(H,23,25)(H3,21,22,24);1H. The van der Waals surface area contributed by atoms with Crippen molar-refractivity contribution in [3.05, 3.63) is 53.0 Å². The lowest BCUT2D eigenvalue weighted by atomic mass is 10.3. The number of guanidine groups is 1. The minimum absolute atomic E-state index is 0. The van der Waals surface area contributed by atoms with E-state index < -0.39 is 18.0 Å². The summed E-state index contributed by atoms with van der Waals surface area (Å²) in [6.07, 6.45) is -4.84. The number of hydrogen-bond acceptors (Lipinski definition) is 3. The molecule has 0 aromatic heterocycles. The lowest BCUT2D eigenvalue weighted by molar-refractivity contribution is -0.274. The molecule has 146 valence electrons. The molecule has 2 aromatic rings. The first-order valence-electron chi connectivity index (χ1n) is 7.20. The number of nitrogens with one attached hydrogen (secondary N) is 2. The van der Waals surface area contributed by atoms with Crippen LogP contribution in [0.1, 0.15) is 0 Å². The van der Waals surface area contributed by atoms with Gasteiger partial charge in [-0.15, -0.1) is 37.1 Å². The second-order valence-corrected chi connectivity index (χ2v) is 5.84. The fourth-order valence-corrected chi connectivity index (χ4v) is 2.28. The molecular weight excluding hydrogens is 544 g/mol. The zero-order valence-electron chi connectivity index (χ0n) is 13.6. The van der Waals surface area contributed by atoms with Crippen molar-refractivity contribution < 1.29 is 22.7 Å². The van der Waals surface area contributed by atoms with Crippen LogP contribution in [0.15, 0.2) is 58.0 Å². The van der Waals surface area contributed by atoms with Crippen LogP contribution in [0, 0.1) is 0 Å². The first-order valence-corrected chi connectivity index (χ1v) is 7.99. The van der Waals surface area contributed by atoms with Crippen molar-refractivity contribution in [2.24, 2.45) is 10.7 Å². The van der Waals surface area contributed by atoms with Crippen LogP contribution in [-0.4, -0.2) is 24.8 Å². The Kier molecular flexibility index (Phi) is 8.82. The number of para-hydroxylation sites is 2. The van der Waals surface area contributed by atoms with Gasteiger partial charge >= 0.3 is 6.36 Å². The molecule has 11 heteroatoms. The Morgan fingerprint density at radius 3 is 2.52 bits per heavy atom. The molecule has 0 saturated carbocycles. The number of halogens is 5. The van der Waals surface area contributed by atoms with Crippen LogP contribution in [0.3, 0.4) is 0 Å². The third-order valence-electron chi connectivity index (χ3n) is 2.88. The molecular formula is C16H15BrF3IN4O2. The highest BCUT2D eigenvalue weighted by Gasteiger charge is 2.32. The molecule has 1 amide bonds. The van der Waals surface area contributed by atoms with Gasteiger partial charge in [0, 0.05) is 10.2 Å². The summed E-state index contributed by atoms with van der Waals surface area (Å²) in [4.78, 5) is 15.6. The zero-order valence-corrected chi connectivity index (χ0v) is 17.5. The van der Waals surface area contributed by atoms with E-state index >= 15 is 0 Å². The molecule has 0 heterocycles. The van der Waals surface area contributed by atoms with Gasteiger partial charge in [-0.2, -0.15) is 0 Å². The second-order valence-electron chi connectivity index (χ2n) is 4.93. The molecule has 0 unspecified atom stereocenters. The Balaban J connectivity index is 0.00000364. The molecule has 4 N–H and O–H groups in total. The summed E-state index contributed by atoms with van der Waals surface area (Å²) in [5, 5.41) is 5.09. The average molecular weight is 559 g/mol. The number of hydrogen-bond donors (Lipinski definition) is 3. The minimum Gasteiger partial charge on any atom is -0.404 e. The summed E-state index contributed by atoms with van der Waals surface area (Å²) in [6.45, 7) is -0.312. The number of carbonyl (C=O) groups is 1. The molecule has 2 aromatic carbocycles. The van der Waals surface area contributed by atoms with Crippen molar-refractivity contribution in [2.75, 3.05) is 17.2 Å². The van der Waals surface area contributed by atoms with E-state index in [-0.39, 0.29) is 42.2 Å². The highest BCUT2D eigenvalue weighted by Crippen LogP contribution is 2.29. The fourth-order valence-electron chi connectivity index (χ4n) is 1.88. The van der Waals surface area contributed by atoms with E-state index in [1.807, 2.05) is 0 Å². The fraction of sp³-hybridized carbons (Fsp3) is 0.125. The predicted molar refractivity (Wildman–Crippen MR) is 111 cm³/mol. The van der Waals surface area contributed by atoms with Gasteiger partial charge in [0.1, 0.15) is 6.54 Å². The van der Waals surface area contributed by atoms with Gasteiger partial charge < -0.3 is 21.1 Å². The quantitative estimate of drug-likeness (QED) is 0.289. The van der Waals surface area contributed by atoms with Crippen LogP contribution in [-0.2, 0) is 4.79 Å². The minimum atomic E-state index is -4.84. The number of aliphatic imine (C=N–C) groups is 1. The number of nitrogens with zero attached hydrogens (tertiary/aromatic N) is 1. The smallest absolute Gasteiger partial charge is 0.404 e. The number of nitrogens with two attached hydrogens (primary N) is 1. The maximum Gasteiger partial charge on any atom is 0.573 e. The highest BCUT2D eigenvalue weighted by atomic mass is 127. The third kappa shape index (κ3) is 8.47.